The van der Waals surface area contributed by atoms with Gasteiger partial charge in [0.1, 0.15) is 17.2 Å². The number of hydrogen-bond donors (Lipinski definition) is 0. The molecule has 0 aliphatic rings. The zero-order valence-corrected chi connectivity index (χ0v) is 20.1. The van der Waals surface area contributed by atoms with Crippen LogP contribution in [0.4, 0.5) is 5.69 Å². The maximum absolute atomic E-state index is 6.20. The first-order valence-electron chi connectivity index (χ1n) is 11.2. The number of ether oxygens (including phenoxy) is 2. The lowest BCUT2D eigenvalue weighted by atomic mass is 10.0. The van der Waals surface area contributed by atoms with Gasteiger partial charge in [0.2, 0.25) is 0 Å². The summed E-state index contributed by atoms with van der Waals surface area (Å²) in [6, 6.07) is 20.5. The summed E-state index contributed by atoms with van der Waals surface area (Å²) in [5.74, 6) is 3.04. The Labute approximate surface area is 192 Å². The number of benzene rings is 3. The van der Waals surface area contributed by atoms with Gasteiger partial charge in [0.15, 0.2) is 0 Å². The molecule has 0 heterocycles. The molecule has 0 amide bonds. The standard InChI is InChI=1S/C28H34N2O2/c1-7-30(6)19-29-26-16-22(5)28(17-21(26)4)32-24-14-12-23(13-15-24)25-10-8-9-11-27(25)31-18-20(2)3/h8-17,19-20H,7,18H2,1-6H3. The second-order valence-corrected chi connectivity index (χ2v) is 8.55. The summed E-state index contributed by atoms with van der Waals surface area (Å²) in [5, 5.41) is 0. The molecular formula is C28H34N2O2. The third kappa shape index (κ3) is 6.13. The number of nitrogens with zero attached hydrogens (tertiary/aromatic N) is 2. The molecular weight excluding hydrogens is 396 g/mol. The first-order chi connectivity index (χ1) is 15.4. The van der Waals surface area contributed by atoms with Crippen molar-refractivity contribution in [2.45, 2.75) is 34.6 Å². The van der Waals surface area contributed by atoms with Crippen LogP contribution in [-0.2, 0) is 0 Å². The van der Waals surface area contributed by atoms with Crippen LogP contribution >= 0.6 is 0 Å². The van der Waals surface area contributed by atoms with Gasteiger partial charge < -0.3 is 14.4 Å². The van der Waals surface area contributed by atoms with Crippen LogP contribution in [0.25, 0.3) is 11.1 Å². The Morgan fingerprint density at radius 3 is 2.34 bits per heavy atom. The molecule has 0 saturated carbocycles. The van der Waals surface area contributed by atoms with Gasteiger partial charge in [0.25, 0.3) is 0 Å². The average molecular weight is 431 g/mol. The SMILES string of the molecule is CCN(C)C=Nc1cc(C)c(Oc2ccc(-c3ccccc3OCC(C)C)cc2)cc1C. The summed E-state index contributed by atoms with van der Waals surface area (Å²) in [5.41, 5.74) is 5.29. The Hall–Kier alpha value is -3.27. The van der Waals surface area contributed by atoms with Crippen LogP contribution in [0.3, 0.4) is 0 Å². The molecule has 3 aromatic rings. The van der Waals surface area contributed by atoms with Gasteiger partial charge in [-0.25, -0.2) is 4.99 Å². The van der Waals surface area contributed by atoms with Crippen molar-refractivity contribution in [1.82, 2.24) is 4.90 Å². The van der Waals surface area contributed by atoms with Crippen molar-refractivity contribution in [2.75, 3.05) is 20.2 Å². The maximum Gasteiger partial charge on any atom is 0.130 e. The lowest BCUT2D eigenvalue weighted by Gasteiger charge is -2.15. The van der Waals surface area contributed by atoms with Crippen LogP contribution in [0, 0.1) is 19.8 Å². The van der Waals surface area contributed by atoms with Crippen molar-refractivity contribution < 1.29 is 9.47 Å². The van der Waals surface area contributed by atoms with Crippen LogP contribution in [-0.4, -0.2) is 31.4 Å². The minimum Gasteiger partial charge on any atom is -0.493 e. The van der Waals surface area contributed by atoms with Crippen molar-refractivity contribution in [2.24, 2.45) is 10.9 Å². The maximum atomic E-state index is 6.20. The van der Waals surface area contributed by atoms with Crippen molar-refractivity contribution in [3.63, 3.8) is 0 Å². The fourth-order valence-corrected chi connectivity index (χ4v) is 3.18. The van der Waals surface area contributed by atoms with E-state index in [1.54, 1.807) is 0 Å². The predicted molar refractivity (Wildman–Crippen MR) is 135 cm³/mol. The van der Waals surface area contributed by atoms with Crippen molar-refractivity contribution in [3.05, 3.63) is 71.8 Å². The molecule has 0 saturated heterocycles. The Morgan fingerprint density at radius 2 is 1.66 bits per heavy atom. The molecule has 0 aromatic heterocycles. The van der Waals surface area contributed by atoms with E-state index in [9.17, 15) is 0 Å². The first-order valence-corrected chi connectivity index (χ1v) is 11.2. The molecule has 0 radical (unpaired) electrons. The number of aliphatic imine (C=N–C) groups is 1. The summed E-state index contributed by atoms with van der Waals surface area (Å²) in [4.78, 5) is 6.65. The van der Waals surface area contributed by atoms with Gasteiger partial charge in [0, 0.05) is 19.2 Å². The van der Waals surface area contributed by atoms with E-state index in [4.69, 9.17) is 9.47 Å². The van der Waals surface area contributed by atoms with Crippen LogP contribution in [0.5, 0.6) is 17.2 Å². The molecule has 32 heavy (non-hydrogen) atoms. The molecule has 4 heteroatoms. The van der Waals surface area contributed by atoms with Crippen LogP contribution in [0.2, 0.25) is 0 Å². The minimum absolute atomic E-state index is 0.482. The second kappa shape index (κ2) is 10.9. The lowest BCUT2D eigenvalue weighted by Crippen LogP contribution is -2.14. The molecule has 4 nitrogen and oxygen atoms in total. The highest BCUT2D eigenvalue weighted by molar-refractivity contribution is 5.71. The van der Waals surface area contributed by atoms with Crippen LogP contribution in [0.1, 0.15) is 31.9 Å². The molecule has 0 unspecified atom stereocenters. The third-order valence-electron chi connectivity index (χ3n) is 5.24. The summed E-state index contributed by atoms with van der Waals surface area (Å²) in [6.45, 7) is 12.1. The van der Waals surface area contributed by atoms with Crippen LogP contribution < -0.4 is 9.47 Å². The quantitative estimate of drug-likeness (QED) is 0.262. The summed E-state index contributed by atoms with van der Waals surface area (Å²) in [7, 11) is 2.02. The molecule has 0 spiro atoms. The van der Waals surface area contributed by atoms with E-state index in [2.05, 4.69) is 63.0 Å². The van der Waals surface area contributed by atoms with Gasteiger partial charge in [-0.3, -0.25) is 0 Å². The van der Waals surface area contributed by atoms with Crippen molar-refractivity contribution in [3.8, 4) is 28.4 Å². The van der Waals surface area contributed by atoms with E-state index in [0.29, 0.717) is 12.5 Å². The van der Waals surface area contributed by atoms with Crippen LogP contribution in [0.15, 0.2) is 65.7 Å². The van der Waals surface area contributed by atoms with Gasteiger partial charge in [-0.05, 0) is 73.7 Å². The van der Waals surface area contributed by atoms with Crippen molar-refractivity contribution in [1.29, 1.82) is 0 Å². The van der Waals surface area contributed by atoms with Gasteiger partial charge in [-0.15, -0.1) is 0 Å². The zero-order chi connectivity index (χ0) is 23.1. The molecule has 3 rings (SSSR count). The van der Waals surface area contributed by atoms with E-state index in [1.165, 1.54) is 0 Å². The van der Waals surface area contributed by atoms with E-state index in [0.717, 1.165) is 51.7 Å². The Kier molecular flexibility index (Phi) is 7.93. The Morgan fingerprint density at radius 1 is 0.938 bits per heavy atom. The summed E-state index contributed by atoms with van der Waals surface area (Å²) in [6.07, 6.45) is 1.86. The van der Waals surface area contributed by atoms with Crippen molar-refractivity contribution >= 4 is 12.0 Å². The van der Waals surface area contributed by atoms with E-state index in [-0.39, 0.29) is 0 Å². The Balaban J connectivity index is 1.77. The second-order valence-electron chi connectivity index (χ2n) is 8.55. The van der Waals surface area contributed by atoms with E-state index < -0.39 is 0 Å². The number of rotatable bonds is 9. The number of aryl methyl sites for hydroxylation is 2. The smallest absolute Gasteiger partial charge is 0.130 e. The molecule has 0 fully saturated rings. The highest BCUT2D eigenvalue weighted by Gasteiger charge is 2.09. The fraction of sp³-hybridized carbons (Fsp3) is 0.321. The molecule has 0 aliphatic heterocycles. The highest BCUT2D eigenvalue weighted by atomic mass is 16.5. The number of hydrogen-bond acceptors (Lipinski definition) is 3. The molecule has 0 bridgehead atoms. The predicted octanol–water partition coefficient (Wildman–Crippen LogP) is 7.41. The molecule has 0 aliphatic carbocycles. The highest BCUT2D eigenvalue weighted by Crippen LogP contribution is 2.34. The fourth-order valence-electron chi connectivity index (χ4n) is 3.18. The van der Waals surface area contributed by atoms with Gasteiger partial charge >= 0.3 is 0 Å². The molecule has 0 atom stereocenters. The molecule has 168 valence electrons. The lowest BCUT2D eigenvalue weighted by molar-refractivity contribution is 0.272. The topological polar surface area (TPSA) is 34.1 Å². The summed E-state index contributed by atoms with van der Waals surface area (Å²) < 4.78 is 12.2. The summed E-state index contributed by atoms with van der Waals surface area (Å²) >= 11 is 0. The first kappa shape index (κ1) is 23.4. The largest absolute Gasteiger partial charge is 0.493 e. The normalized spacial score (nSPS) is 11.2. The van der Waals surface area contributed by atoms with E-state index >= 15 is 0 Å². The molecule has 3 aromatic carbocycles. The van der Waals surface area contributed by atoms with Gasteiger partial charge in [-0.1, -0.05) is 44.2 Å². The third-order valence-corrected chi connectivity index (χ3v) is 5.24. The molecule has 0 N–H and O–H groups in total. The number of para-hydroxylation sites is 1. The zero-order valence-electron chi connectivity index (χ0n) is 20.1. The minimum atomic E-state index is 0.482. The average Bonchev–Trinajstić information content (AvgIpc) is 2.79. The monoisotopic (exact) mass is 430 g/mol. The van der Waals surface area contributed by atoms with E-state index in [1.807, 2.05) is 55.5 Å². The van der Waals surface area contributed by atoms with Gasteiger partial charge in [-0.2, -0.15) is 0 Å². The van der Waals surface area contributed by atoms with Gasteiger partial charge in [0.05, 0.1) is 18.6 Å². The Bertz CT molecular complexity index is 1060.